The van der Waals surface area contributed by atoms with Gasteiger partial charge in [0.25, 0.3) is 0 Å². The summed E-state index contributed by atoms with van der Waals surface area (Å²) in [4.78, 5) is 2.41. The average molecular weight is 296 g/mol. The lowest BCUT2D eigenvalue weighted by atomic mass is 10.1. The van der Waals surface area contributed by atoms with Gasteiger partial charge in [-0.3, -0.25) is 4.90 Å². The summed E-state index contributed by atoms with van der Waals surface area (Å²) in [6.45, 7) is 3.99. The molecule has 1 aromatic heterocycles. The molecule has 0 bridgehead atoms. The minimum atomic E-state index is -0.295. The fourth-order valence-electron chi connectivity index (χ4n) is 3.38. The van der Waals surface area contributed by atoms with Gasteiger partial charge in [-0.15, -0.1) is 0 Å². The van der Waals surface area contributed by atoms with Gasteiger partial charge in [0.15, 0.2) is 5.58 Å². The summed E-state index contributed by atoms with van der Waals surface area (Å²) in [5.41, 5.74) is 4.18. The Morgan fingerprint density at radius 3 is 2.59 bits per heavy atom. The maximum absolute atomic E-state index is 13.3. The van der Waals surface area contributed by atoms with E-state index in [4.69, 9.17) is 4.52 Å². The lowest BCUT2D eigenvalue weighted by Crippen LogP contribution is -2.23. The van der Waals surface area contributed by atoms with Gasteiger partial charge in [0, 0.05) is 24.5 Å². The third kappa shape index (κ3) is 2.11. The number of aromatic nitrogens is 1. The second-order valence-electron chi connectivity index (χ2n) is 5.81. The quantitative estimate of drug-likeness (QED) is 0.716. The van der Waals surface area contributed by atoms with Crippen LogP contribution in [0.25, 0.3) is 11.0 Å². The zero-order valence-electron chi connectivity index (χ0n) is 12.4. The molecule has 3 nitrogen and oxygen atoms in total. The number of hydrogen-bond donors (Lipinski definition) is 0. The standard InChI is InChI=1S/C18H17FN2O/c1-2-16(21-10-12-5-3-4-6-13(12)11-21)18-15-8-7-14(19)9-17(15)22-20-18/h3-9,16H,2,10-11H2,1H3. The van der Waals surface area contributed by atoms with Crippen molar-refractivity contribution >= 4 is 11.0 Å². The highest BCUT2D eigenvalue weighted by atomic mass is 19.1. The van der Waals surface area contributed by atoms with E-state index in [0.717, 1.165) is 30.6 Å². The fraction of sp³-hybridized carbons (Fsp3) is 0.278. The molecule has 3 aromatic rings. The molecule has 1 unspecified atom stereocenters. The highest BCUT2D eigenvalue weighted by Crippen LogP contribution is 2.35. The zero-order valence-corrected chi connectivity index (χ0v) is 12.4. The van der Waals surface area contributed by atoms with Gasteiger partial charge in [-0.25, -0.2) is 4.39 Å². The van der Waals surface area contributed by atoms with Crippen molar-refractivity contribution in [3.63, 3.8) is 0 Å². The Hall–Kier alpha value is -2.20. The molecule has 22 heavy (non-hydrogen) atoms. The van der Waals surface area contributed by atoms with E-state index in [2.05, 4.69) is 41.2 Å². The minimum absolute atomic E-state index is 0.180. The second kappa shape index (κ2) is 5.21. The molecule has 0 N–H and O–H groups in total. The molecule has 0 saturated carbocycles. The monoisotopic (exact) mass is 296 g/mol. The summed E-state index contributed by atoms with van der Waals surface area (Å²) >= 11 is 0. The lowest BCUT2D eigenvalue weighted by molar-refractivity contribution is 0.187. The molecule has 4 rings (SSSR count). The summed E-state index contributed by atoms with van der Waals surface area (Å²) in [6.07, 6.45) is 0.937. The molecule has 1 atom stereocenters. The van der Waals surface area contributed by atoms with Crippen LogP contribution in [0.15, 0.2) is 47.0 Å². The van der Waals surface area contributed by atoms with Gasteiger partial charge in [0.1, 0.15) is 11.5 Å². The molecule has 0 fully saturated rings. The summed E-state index contributed by atoms with van der Waals surface area (Å²) in [7, 11) is 0. The van der Waals surface area contributed by atoms with Gasteiger partial charge in [0.05, 0.1) is 6.04 Å². The van der Waals surface area contributed by atoms with E-state index in [1.165, 1.54) is 23.3 Å². The Bertz CT molecular complexity index is 802. The summed E-state index contributed by atoms with van der Waals surface area (Å²) in [5.74, 6) is -0.295. The Morgan fingerprint density at radius 2 is 1.91 bits per heavy atom. The SMILES string of the molecule is CCC(c1noc2cc(F)ccc12)N1Cc2ccccc2C1. The van der Waals surface area contributed by atoms with Crippen LogP contribution in [0, 0.1) is 5.82 Å². The molecule has 4 heteroatoms. The zero-order chi connectivity index (χ0) is 15.1. The van der Waals surface area contributed by atoms with Gasteiger partial charge in [-0.2, -0.15) is 0 Å². The Labute approximate surface area is 128 Å². The number of fused-ring (bicyclic) bond motifs is 2. The van der Waals surface area contributed by atoms with Crippen LogP contribution in [-0.2, 0) is 13.1 Å². The van der Waals surface area contributed by atoms with Crippen LogP contribution in [0.1, 0.15) is 36.2 Å². The molecule has 112 valence electrons. The van der Waals surface area contributed by atoms with Crippen LogP contribution < -0.4 is 0 Å². The smallest absolute Gasteiger partial charge is 0.170 e. The third-order valence-electron chi connectivity index (χ3n) is 4.47. The molecule has 1 aliphatic rings. The summed E-state index contributed by atoms with van der Waals surface area (Å²) in [6, 6.07) is 13.3. The first-order chi connectivity index (χ1) is 10.8. The molecule has 0 amide bonds. The van der Waals surface area contributed by atoms with E-state index in [1.54, 1.807) is 6.07 Å². The van der Waals surface area contributed by atoms with Crippen LogP contribution in [0.4, 0.5) is 4.39 Å². The first-order valence-electron chi connectivity index (χ1n) is 7.62. The van der Waals surface area contributed by atoms with Gasteiger partial charge < -0.3 is 4.52 Å². The van der Waals surface area contributed by atoms with Crippen LogP contribution in [0.3, 0.4) is 0 Å². The molecular formula is C18H17FN2O. The van der Waals surface area contributed by atoms with Crippen molar-refractivity contribution in [3.8, 4) is 0 Å². The Kier molecular flexibility index (Phi) is 3.19. The minimum Gasteiger partial charge on any atom is -0.356 e. The lowest BCUT2D eigenvalue weighted by Gasteiger charge is -2.24. The Balaban J connectivity index is 1.70. The average Bonchev–Trinajstić information content (AvgIpc) is 3.12. The van der Waals surface area contributed by atoms with Gasteiger partial charge >= 0.3 is 0 Å². The summed E-state index contributed by atoms with van der Waals surface area (Å²) < 4.78 is 18.6. The predicted molar refractivity (Wildman–Crippen MR) is 82.7 cm³/mol. The second-order valence-corrected chi connectivity index (χ2v) is 5.81. The molecule has 0 spiro atoms. The number of hydrogen-bond acceptors (Lipinski definition) is 3. The van der Waals surface area contributed by atoms with Crippen LogP contribution in [-0.4, -0.2) is 10.1 Å². The Morgan fingerprint density at radius 1 is 1.18 bits per heavy atom. The summed E-state index contributed by atoms with van der Waals surface area (Å²) in [5, 5.41) is 5.14. The molecule has 0 radical (unpaired) electrons. The topological polar surface area (TPSA) is 29.3 Å². The molecule has 0 saturated heterocycles. The van der Waals surface area contributed by atoms with Crippen molar-refractivity contribution in [2.24, 2.45) is 0 Å². The normalized spacial score (nSPS) is 16.1. The maximum Gasteiger partial charge on any atom is 0.170 e. The van der Waals surface area contributed by atoms with E-state index >= 15 is 0 Å². The third-order valence-corrected chi connectivity index (χ3v) is 4.47. The molecule has 2 aromatic carbocycles. The van der Waals surface area contributed by atoms with E-state index in [0.29, 0.717) is 5.58 Å². The van der Waals surface area contributed by atoms with E-state index in [9.17, 15) is 4.39 Å². The van der Waals surface area contributed by atoms with Crippen LogP contribution in [0.5, 0.6) is 0 Å². The predicted octanol–water partition coefficient (Wildman–Crippen LogP) is 4.43. The van der Waals surface area contributed by atoms with E-state index < -0.39 is 0 Å². The molecule has 0 aliphatic carbocycles. The number of halogens is 1. The highest BCUT2D eigenvalue weighted by Gasteiger charge is 2.29. The number of rotatable bonds is 3. The van der Waals surface area contributed by atoms with Gasteiger partial charge in [-0.1, -0.05) is 36.3 Å². The van der Waals surface area contributed by atoms with Gasteiger partial charge in [0.2, 0.25) is 0 Å². The maximum atomic E-state index is 13.3. The first-order valence-corrected chi connectivity index (χ1v) is 7.62. The van der Waals surface area contributed by atoms with Crippen molar-refractivity contribution in [2.75, 3.05) is 0 Å². The van der Waals surface area contributed by atoms with Crippen molar-refractivity contribution in [3.05, 3.63) is 65.1 Å². The van der Waals surface area contributed by atoms with Gasteiger partial charge in [-0.05, 0) is 29.7 Å². The number of nitrogens with zero attached hydrogens (tertiary/aromatic N) is 2. The molecular weight excluding hydrogens is 279 g/mol. The van der Waals surface area contributed by atoms with E-state index in [-0.39, 0.29) is 11.9 Å². The van der Waals surface area contributed by atoms with E-state index in [1.807, 2.05) is 0 Å². The highest BCUT2D eigenvalue weighted by molar-refractivity contribution is 5.79. The largest absolute Gasteiger partial charge is 0.356 e. The van der Waals surface area contributed by atoms with Crippen LogP contribution in [0.2, 0.25) is 0 Å². The van der Waals surface area contributed by atoms with Crippen molar-refractivity contribution in [1.82, 2.24) is 10.1 Å². The van der Waals surface area contributed by atoms with Crippen LogP contribution >= 0.6 is 0 Å². The van der Waals surface area contributed by atoms with Crippen molar-refractivity contribution in [2.45, 2.75) is 32.5 Å². The number of benzene rings is 2. The molecule has 2 heterocycles. The first kappa shape index (κ1) is 13.5. The molecule has 1 aliphatic heterocycles. The van der Waals surface area contributed by atoms with Crippen molar-refractivity contribution in [1.29, 1.82) is 0 Å². The fourth-order valence-corrected chi connectivity index (χ4v) is 3.38. The van der Waals surface area contributed by atoms with Crippen molar-refractivity contribution < 1.29 is 8.91 Å².